The molecule has 31 heavy (non-hydrogen) atoms. The Balaban J connectivity index is 1.63. The fourth-order valence-corrected chi connectivity index (χ4v) is 3.37. The molecule has 1 aliphatic rings. The first-order valence-electron chi connectivity index (χ1n) is 9.73. The van der Waals surface area contributed by atoms with Gasteiger partial charge in [0, 0.05) is 5.56 Å². The molecule has 2 aromatic carbocycles. The van der Waals surface area contributed by atoms with Gasteiger partial charge < -0.3 is 35.2 Å². The van der Waals surface area contributed by atoms with Crippen molar-refractivity contribution in [2.24, 2.45) is 5.92 Å². The number of amides is 1. The highest BCUT2D eigenvalue weighted by Crippen LogP contribution is 2.24. The zero-order valence-electron chi connectivity index (χ0n) is 16.8. The lowest BCUT2D eigenvalue weighted by Crippen LogP contribution is -2.62. The van der Waals surface area contributed by atoms with E-state index in [0.29, 0.717) is 11.3 Å². The van der Waals surface area contributed by atoms with Crippen molar-refractivity contribution in [3.63, 3.8) is 0 Å². The van der Waals surface area contributed by atoms with Gasteiger partial charge in [-0.25, -0.2) is 0 Å². The first-order chi connectivity index (χ1) is 14.8. The van der Waals surface area contributed by atoms with E-state index in [2.05, 4.69) is 5.32 Å². The van der Waals surface area contributed by atoms with Crippen molar-refractivity contribution in [1.29, 1.82) is 0 Å². The van der Waals surface area contributed by atoms with Crippen molar-refractivity contribution < 1.29 is 39.5 Å². The second-order valence-electron chi connectivity index (χ2n) is 7.34. The van der Waals surface area contributed by atoms with Crippen molar-refractivity contribution in [2.45, 2.75) is 38.3 Å². The lowest BCUT2D eigenvalue weighted by molar-refractivity contribution is -0.293. The van der Waals surface area contributed by atoms with Gasteiger partial charge in [-0.05, 0) is 36.2 Å². The van der Waals surface area contributed by atoms with Gasteiger partial charge in [-0.1, -0.05) is 24.3 Å². The monoisotopic (exact) mass is 431 g/mol. The average molecular weight is 431 g/mol. The molecule has 2 aromatic rings. The molecule has 1 aliphatic heterocycles. The molecule has 1 amide bonds. The third-order valence-corrected chi connectivity index (χ3v) is 5.28. The number of carbonyl (C=O) groups is 2. The number of hydrogen-bond acceptors (Lipinski definition) is 8. The van der Waals surface area contributed by atoms with Crippen LogP contribution in [0.1, 0.15) is 31.8 Å². The lowest BCUT2D eigenvalue weighted by atomic mass is 9.92. The van der Waals surface area contributed by atoms with Crippen LogP contribution in [0, 0.1) is 12.8 Å². The number of aryl methyl sites for hydroxylation is 1. The molecule has 0 radical (unpaired) electrons. The molecule has 9 heteroatoms. The van der Waals surface area contributed by atoms with Crippen molar-refractivity contribution in [3.05, 3.63) is 64.7 Å². The molecule has 5 unspecified atom stereocenters. The molecule has 3 rings (SSSR count). The van der Waals surface area contributed by atoms with E-state index in [-0.39, 0.29) is 12.2 Å². The highest BCUT2D eigenvalue weighted by atomic mass is 16.7. The Morgan fingerprint density at radius 3 is 2.48 bits per heavy atom. The highest BCUT2D eigenvalue weighted by molar-refractivity contribution is 5.94. The standard InChI is InChI=1S/C22H25NO8/c1-12-3-2-4-17(15(12)9-24)30-11-13-5-7-14(8-6-13)20(27)23-18-19(26)16(10-25)21(28)31-22(18)29/h2-9,16,18-19,21-22,25-26,28-29H,10-11H2,1H3,(H,23,27). The number of rotatable bonds is 7. The Morgan fingerprint density at radius 1 is 1.13 bits per heavy atom. The molecule has 1 saturated heterocycles. The second kappa shape index (κ2) is 9.99. The van der Waals surface area contributed by atoms with Crippen molar-refractivity contribution in [1.82, 2.24) is 5.32 Å². The van der Waals surface area contributed by atoms with Crippen molar-refractivity contribution >= 4 is 12.2 Å². The minimum absolute atomic E-state index is 0.191. The van der Waals surface area contributed by atoms with Crippen LogP contribution in [0.3, 0.4) is 0 Å². The SMILES string of the molecule is Cc1cccc(OCc2ccc(C(=O)NC3C(O)OC(O)C(CO)C3O)cc2)c1C=O. The number of hydrogen-bond donors (Lipinski definition) is 5. The van der Waals surface area contributed by atoms with E-state index in [4.69, 9.17) is 9.47 Å². The molecule has 9 nitrogen and oxygen atoms in total. The van der Waals surface area contributed by atoms with Crippen LogP contribution in [0.2, 0.25) is 0 Å². The molecule has 0 aliphatic carbocycles. The molecule has 1 fully saturated rings. The topological polar surface area (TPSA) is 146 Å². The van der Waals surface area contributed by atoms with Gasteiger partial charge in [0.05, 0.1) is 24.2 Å². The number of benzene rings is 2. The van der Waals surface area contributed by atoms with Crippen molar-refractivity contribution in [3.8, 4) is 5.75 Å². The molecule has 1 heterocycles. The molecule has 0 saturated carbocycles. The summed E-state index contributed by atoms with van der Waals surface area (Å²) in [6.45, 7) is 1.43. The largest absolute Gasteiger partial charge is 0.488 e. The first-order valence-corrected chi connectivity index (χ1v) is 9.73. The summed E-state index contributed by atoms with van der Waals surface area (Å²) in [6, 6.07) is 10.5. The third kappa shape index (κ3) is 5.09. The van der Waals surface area contributed by atoms with Gasteiger partial charge >= 0.3 is 0 Å². The predicted octanol–water partition coefficient (Wildman–Crippen LogP) is 0.121. The summed E-state index contributed by atoms with van der Waals surface area (Å²) in [4.78, 5) is 23.8. The minimum Gasteiger partial charge on any atom is -0.488 e. The summed E-state index contributed by atoms with van der Waals surface area (Å²) in [7, 11) is 0. The highest BCUT2D eigenvalue weighted by Gasteiger charge is 2.44. The van der Waals surface area contributed by atoms with Gasteiger partial charge in [-0.15, -0.1) is 0 Å². The second-order valence-corrected chi connectivity index (χ2v) is 7.34. The Kier molecular flexibility index (Phi) is 7.37. The molecule has 5 N–H and O–H groups in total. The van der Waals surface area contributed by atoms with E-state index in [1.165, 1.54) is 0 Å². The summed E-state index contributed by atoms with van der Waals surface area (Å²) in [5, 5.41) is 41.5. The Labute approximate surface area is 178 Å². The van der Waals surface area contributed by atoms with Gasteiger partial charge in [0.2, 0.25) is 0 Å². The minimum atomic E-state index is -1.63. The number of aldehydes is 1. The Morgan fingerprint density at radius 2 is 1.84 bits per heavy atom. The maximum atomic E-state index is 12.5. The smallest absolute Gasteiger partial charge is 0.251 e. The van der Waals surface area contributed by atoms with Crippen LogP contribution < -0.4 is 10.1 Å². The van der Waals surface area contributed by atoms with Crippen molar-refractivity contribution in [2.75, 3.05) is 6.61 Å². The first kappa shape index (κ1) is 22.9. The number of carbonyl (C=O) groups excluding carboxylic acids is 2. The van der Waals surface area contributed by atoms with E-state index in [1.54, 1.807) is 36.4 Å². The zero-order chi connectivity index (χ0) is 22.5. The maximum absolute atomic E-state index is 12.5. The van der Waals surface area contributed by atoms with E-state index in [0.717, 1.165) is 17.4 Å². The Bertz CT molecular complexity index is 916. The van der Waals surface area contributed by atoms with Crippen LogP contribution in [0.5, 0.6) is 5.75 Å². The van der Waals surface area contributed by atoms with Gasteiger partial charge in [0.15, 0.2) is 18.9 Å². The number of ether oxygens (including phenoxy) is 2. The van der Waals surface area contributed by atoms with Crippen LogP contribution in [0.25, 0.3) is 0 Å². The lowest BCUT2D eigenvalue weighted by Gasteiger charge is -2.40. The van der Waals surface area contributed by atoms with Gasteiger partial charge in [0.25, 0.3) is 5.91 Å². The summed E-state index contributed by atoms with van der Waals surface area (Å²) >= 11 is 0. The normalized spacial score (nSPS) is 25.6. The molecule has 0 aromatic heterocycles. The summed E-state index contributed by atoms with van der Waals surface area (Å²) in [5.41, 5.74) is 2.32. The number of aliphatic hydroxyl groups excluding tert-OH is 4. The van der Waals surface area contributed by atoms with Gasteiger partial charge in [-0.2, -0.15) is 0 Å². The van der Waals surface area contributed by atoms with E-state index in [9.17, 15) is 30.0 Å². The maximum Gasteiger partial charge on any atom is 0.251 e. The van der Waals surface area contributed by atoms with Gasteiger partial charge in [0.1, 0.15) is 18.4 Å². The van der Waals surface area contributed by atoms with Crippen LogP contribution in [0.15, 0.2) is 42.5 Å². The van der Waals surface area contributed by atoms with E-state index < -0.39 is 43.2 Å². The van der Waals surface area contributed by atoms with E-state index in [1.807, 2.05) is 13.0 Å². The molecule has 0 bridgehead atoms. The van der Waals surface area contributed by atoms with Crippen LogP contribution >= 0.6 is 0 Å². The summed E-state index contributed by atoms with van der Waals surface area (Å²) in [6.07, 6.45) is -3.83. The summed E-state index contributed by atoms with van der Waals surface area (Å²) in [5.74, 6) is -1.17. The van der Waals surface area contributed by atoms with Crippen LogP contribution in [-0.4, -0.2) is 64.0 Å². The molecule has 5 atom stereocenters. The Hall–Kier alpha value is -2.82. The molecule has 166 valence electrons. The molecule has 0 spiro atoms. The third-order valence-electron chi connectivity index (χ3n) is 5.28. The van der Waals surface area contributed by atoms with Crippen LogP contribution in [0.4, 0.5) is 0 Å². The fourth-order valence-electron chi connectivity index (χ4n) is 3.37. The predicted molar refractivity (Wildman–Crippen MR) is 108 cm³/mol. The fraction of sp³-hybridized carbons (Fsp3) is 0.364. The van der Waals surface area contributed by atoms with Crippen LogP contribution in [-0.2, 0) is 11.3 Å². The van der Waals surface area contributed by atoms with Gasteiger partial charge in [-0.3, -0.25) is 9.59 Å². The average Bonchev–Trinajstić information content (AvgIpc) is 2.75. The quantitative estimate of drug-likeness (QED) is 0.389. The molecular formula is C22H25NO8. The zero-order valence-corrected chi connectivity index (χ0v) is 16.8. The summed E-state index contributed by atoms with van der Waals surface area (Å²) < 4.78 is 10.6. The number of nitrogens with one attached hydrogen (secondary N) is 1. The molecular weight excluding hydrogens is 406 g/mol. The number of aliphatic hydroxyl groups is 4. The van der Waals surface area contributed by atoms with E-state index >= 15 is 0 Å².